The van der Waals surface area contributed by atoms with E-state index in [2.05, 4.69) is 34.5 Å². The number of piperidine rings is 1. The van der Waals surface area contributed by atoms with E-state index in [1.807, 2.05) is 11.0 Å². The third-order valence-electron chi connectivity index (χ3n) is 5.78. The monoisotopic (exact) mass is 329 g/mol. The van der Waals surface area contributed by atoms with Crippen molar-refractivity contribution in [3.8, 4) is 0 Å². The minimum Gasteiger partial charge on any atom is -0.381 e. The third-order valence-corrected chi connectivity index (χ3v) is 5.78. The van der Waals surface area contributed by atoms with E-state index in [1.165, 1.54) is 5.69 Å². The standard InChI is InChI=1S/C19H27N3O2/c23-18(22-11-8-19(14-22)9-12-24-15-19)20-16-5-4-10-21(13-16)17-6-2-1-3-7-17/h1-3,6-7,16H,4-5,8-15H2,(H,20,23)/t16-,19-/m1/s1. The number of anilines is 1. The molecule has 1 N–H and O–H groups in total. The number of amides is 2. The number of hydrogen-bond acceptors (Lipinski definition) is 3. The van der Waals surface area contributed by atoms with Crippen molar-refractivity contribution in [2.45, 2.75) is 31.7 Å². The van der Waals surface area contributed by atoms with E-state index in [4.69, 9.17) is 4.74 Å². The minimum absolute atomic E-state index is 0.110. The molecule has 4 rings (SSSR count). The maximum Gasteiger partial charge on any atom is 0.317 e. The molecule has 0 radical (unpaired) electrons. The van der Waals surface area contributed by atoms with Gasteiger partial charge in [0.2, 0.25) is 0 Å². The average Bonchev–Trinajstić information content (AvgIpc) is 3.26. The van der Waals surface area contributed by atoms with Gasteiger partial charge < -0.3 is 19.9 Å². The quantitative estimate of drug-likeness (QED) is 0.907. The van der Waals surface area contributed by atoms with Crippen molar-refractivity contribution in [3.05, 3.63) is 30.3 Å². The molecule has 0 aliphatic carbocycles. The van der Waals surface area contributed by atoms with Crippen LogP contribution in [0.1, 0.15) is 25.7 Å². The van der Waals surface area contributed by atoms with Crippen LogP contribution in [-0.2, 0) is 4.74 Å². The normalized spacial score (nSPS) is 30.1. The summed E-state index contributed by atoms with van der Waals surface area (Å²) in [6.45, 7) is 5.36. The molecular formula is C19H27N3O2. The second-order valence-electron chi connectivity index (χ2n) is 7.54. The van der Waals surface area contributed by atoms with E-state index in [-0.39, 0.29) is 17.5 Å². The number of benzene rings is 1. The van der Waals surface area contributed by atoms with Crippen LogP contribution in [0.3, 0.4) is 0 Å². The Hall–Kier alpha value is -1.75. The molecule has 3 aliphatic heterocycles. The molecule has 130 valence electrons. The van der Waals surface area contributed by atoms with E-state index in [0.29, 0.717) is 0 Å². The molecule has 3 fully saturated rings. The Kier molecular flexibility index (Phi) is 4.35. The van der Waals surface area contributed by atoms with Crippen molar-refractivity contribution in [2.24, 2.45) is 5.41 Å². The Morgan fingerprint density at radius 1 is 1.21 bits per heavy atom. The maximum atomic E-state index is 12.7. The SMILES string of the molecule is O=C(N[C@@H]1CCCN(c2ccccc2)C1)N1CC[C@@]2(CCOC2)C1. The second-order valence-corrected chi connectivity index (χ2v) is 7.54. The Morgan fingerprint density at radius 3 is 2.88 bits per heavy atom. The first kappa shape index (κ1) is 15.8. The highest BCUT2D eigenvalue weighted by atomic mass is 16.5. The molecule has 24 heavy (non-hydrogen) atoms. The summed E-state index contributed by atoms with van der Waals surface area (Å²) in [6.07, 6.45) is 4.37. The van der Waals surface area contributed by atoms with Crippen molar-refractivity contribution in [1.29, 1.82) is 0 Å². The first-order valence-corrected chi connectivity index (χ1v) is 9.17. The minimum atomic E-state index is 0.110. The van der Waals surface area contributed by atoms with Gasteiger partial charge in [0.25, 0.3) is 0 Å². The van der Waals surface area contributed by atoms with Crippen molar-refractivity contribution < 1.29 is 9.53 Å². The van der Waals surface area contributed by atoms with Gasteiger partial charge in [-0.25, -0.2) is 4.79 Å². The number of nitrogens with one attached hydrogen (secondary N) is 1. The van der Waals surface area contributed by atoms with Gasteiger partial charge in [0.05, 0.1) is 6.61 Å². The van der Waals surface area contributed by atoms with E-state index in [9.17, 15) is 4.79 Å². The summed E-state index contributed by atoms with van der Waals surface area (Å²) in [7, 11) is 0. The summed E-state index contributed by atoms with van der Waals surface area (Å²) in [5, 5.41) is 3.27. The first-order valence-electron chi connectivity index (χ1n) is 9.17. The van der Waals surface area contributed by atoms with Crippen LogP contribution < -0.4 is 10.2 Å². The fourth-order valence-electron chi connectivity index (χ4n) is 4.31. The van der Waals surface area contributed by atoms with E-state index >= 15 is 0 Å². The molecule has 3 heterocycles. The van der Waals surface area contributed by atoms with Gasteiger partial charge in [0.15, 0.2) is 0 Å². The van der Waals surface area contributed by atoms with Crippen molar-refractivity contribution in [1.82, 2.24) is 10.2 Å². The van der Waals surface area contributed by atoms with Crippen LogP contribution in [0.2, 0.25) is 0 Å². The summed E-state index contributed by atoms with van der Waals surface area (Å²) in [5.41, 5.74) is 1.49. The Labute approximate surface area is 144 Å². The molecule has 3 aliphatic rings. The summed E-state index contributed by atoms with van der Waals surface area (Å²) in [6, 6.07) is 10.8. The van der Waals surface area contributed by atoms with E-state index < -0.39 is 0 Å². The summed E-state index contributed by atoms with van der Waals surface area (Å²) < 4.78 is 5.56. The number of ether oxygens (including phenoxy) is 1. The Bertz CT molecular complexity index is 571. The molecule has 5 heteroatoms. The van der Waals surface area contributed by atoms with Gasteiger partial charge in [-0.3, -0.25) is 0 Å². The summed E-state index contributed by atoms with van der Waals surface area (Å²) >= 11 is 0. The van der Waals surface area contributed by atoms with Crippen LogP contribution in [0.25, 0.3) is 0 Å². The molecule has 0 aromatic heterocycles. The number of carbonyl (C=O) groups excluding carboxylic acids is 1. The molecular weight excluding hydrogens is 302 g/mol. The second kappa shape index (κ2) is 6.63. The van der Waals surface area contributed by atoms with Gasteiger partial charge >= 0.3 is 6.03 Å². The predicted molar refractivity (Wildman–Crippen MR) is 94.3 cm³/mol. The highest BCUT2D eigenvalue weighted by Gasteiger charge is 2.43. The predicted octanol–water partition coefficient (Wildman–Crippen LogP) is 2.48. The summed E-state index contributed by atoms with van der Waals surface area (Å²) in [5.74, 6) is 0. The first-order chi connectivity index (χ1) is 11.7. The van der Waals surface area contributed by atoms with Crippen molar-refractivity contribution in [3.63, 3.8) is 0 Å². The smallest absolute Gasteiger partial charge is 0.317 e. The molecule has 0 unspecified atom stereocenters. The Balaban J connectivity index is 1.32. The van der Waals surface area contributed by atoms with E-state index in [1.54, 1.807) is 0 Å². The molecule has 1 aromatic rings. The van der Waals surface area contributed by atoms with Gasteiger partial charge in [0.1, 0.15) is 0 Å². The van der Waals surface area contributed by atoms with Crippen LogP contribution in [0.15, 0.2) is 30.3 Å². The highest BCUT2D eigenvalue weighted by Crippen LogP contribution is 2.38. The van der Waals surface area contributed by atoms with Crippen LogP contribution >= 0.6 is 0 Å². The fourth-order valence-corrected chi connectivity index (χ4v) is 4.31. The zero-order valence-electron chi connectivity index (χ0n) is 14.2. The number of nitrogens with zero attached hydrogens (tertiary/aromatic N) is 2. The number of likely N-dealkylation sites (tertiary alicyclic amines) is 1. The number of hydrogen-bond donors (Lipinski definition) is 1. The Morgan fingerprint density at radius 2 is 2.08 bits per heavy atom. The zero-order chi connectivity index (χ0) is 16.4. The molecule has 1 aromatic carbocycles. The zero-order valence-corrected chi connectivity index (χ0v) is 14.2. The van der Waals surface area contributed by atoms with Crippen molar-refractivity contribution >= 4 is 11.7 Å². The molecule has 2 amide bonds. The van der Waals surface area contributed by atoms with Crippen LogP contribution in [0.5, 0.6) is 0 Å². The number of urea groups is 1. The van der Waals surface area contributed by atoms with Gasteiger partial charge in [-0.1, -0.05) is 18.2 Å². The fraction of sp³-hybridized carbons (Fsp3) is 0.632. The lowest BCUT2D eigenvalue weighted by molar-refractivity contribution is 0.152. The lowest BCUT2D eigenvalue weighted by Crippen LogP contribution is -2.51. The highest BCUT2D eigenvalue weighted by molar-refractivity contribution is 5.75. The number of para-hydroxylation sites is 1. The van der Waals surface area contributed by atoms with Crippen LogP contribution in [0.4, 0.5) is 10.5 Å². The van der Waals surface area contributed by atoms with Gasteiger partial charge in [-0.15, -0.1) is 0 Å². The summed E-state index contributed by atoms with van der Waals surface area (Å²) in [4.78, 5) is 17.0. The molecule has 0 bridgehead atoms. The van der Waals surface area contributed by atoms with E-state index in [0.717, 1.165) is 65.1 Å². The topological polar surface area (TPSA) is 44.8 Å². The molecule has 1 spiro atoms. The van der Waals surface area contributed by atoms with Gasteiger partial charge in [0, 0.05) is 49.9 Å². The molecule has 5 nitrogen and oxygen atoms in total. The maximum absolute atomic E-state index is 12.7. The number of carbonyl (C=O) groups is 1. The van der Waals surface area contributed by atoms with Crippen molar-refractivity contribution in [2.75, 3.05) is 44.3 Å². The largest absolute Gasteiger partial charge is 0.381 e. The molecule has 3 saturated heterocycles. The lowest BCUT2D eigenvalue weighted by atomic mass is 9.87. The third kappa shape index (κ3) is 3.22. The number of rotatable bonds is 2. The molecule has 0 saturated carbocycles. The van der Waals surface area contributed by atoms with Gasteiger partial charge in [-0.05, 0) is 37.8 Å². The average molecular weight is 329 g/mol. The van der Waals surface area contributed by atoms with Gasteiger partial charge in [-0.2, -0.15) is 0 Å². The lowest BCUT2D eigenvalue weighted by Gasteiger charge is -2.35. The van der Waals surface area contributed by atoms with Crippen LogP contribution in [-0.4, -0.2) is 56.4 Å². The molecule has 2 atom stereocenters. The van der Waals surface area contributed by atoms with Crippen LogP contribution in [0, 0.1) is 5.41 Å².